The van der Waals surface area contributed by atoms with Gasteiger partial charge in [-0.25, -0.2) is 0 Å². The highest BCUT2D eigenvalue weighted by Crippen LogP contribution is 2.66. The molecule has 1 saturated heterocycles. The summed E-state index contributed by atoms with van der Waals surface area (Å²) < 4.78 is 5.71. The molecule has 7 atom stereocenters. The molecule has 0 aromatic rings. The van der Waals surface area contributed by atoms with Gasteiger partial charge in [0.25, 0.3) is 0 Å². The molecule has 4 aliphatic carbocycles. The van der Waals surface area contributed by atoms with Crippen molar-refractivity contribution < 1.29 is 25.2 Å². The number of aliphatic hydroxyl groups is 4. The van der Waals surface area contributed by atoms with Crippen LogP contribution >= 0.6 is 0 Å². The van der Waals surface area contributed by atoms with Crippen LogP contribution in [0, 0.1) is 16.7 Å². The van der Waals surface area contributed by atoms with Crippen LogP contribution in [-0.2, 0) is 4.74 Å². The van der Waals surface area contributed by atoms with E-state index in [0.29, 0.717) is 16.7 Å². The van der Waals surface area contributed by atoms with Gasteiger partial charge in [-0.15, -0.1) is 0 Å². The molecule has 1 heterocycles. The predicted molar refractivity (Wildman–Crippen MR) is 87.0 cm³/mol. The molecule has 0 aromatic heterocycles. The normalized spacial score (nSPS) is 59.8. The van der Waals surface area contributed by atoms with Crippen LogP contribution in [0.4, 0.5) is 0 Å². The Balaban J connectivity index is 1.56. The van der Waals surface area contributed by atoms with Gasteiger partial charge in [-0.05, 0) is 55.3 Å². The van der Waals surface area contributed by atoms with Gasteiger partial charge in [0, 0.05) is 5.54 Å². The maximum Gasteiger partial charge on any atom is 0.138 e. The summed E-state index contributed by atoms with van der Waals surface area (Å²) in [7, 11) is 0. The quantitative estimate of drug-likeness (QED) is 0.500. The monoisotopic (exact) mass is 341 g/mol. The van der Waals surface area contributed by atoms with Crippen LogP contribution in [0.15, 0.2) is 0 Å². The van der Waals surface area contributed by atoms with E-state index in [1.54, 1.807) is 0 Å². The van der Waals surface area contributed by atoms with Crippen LogP contribution in [0.2, 0.25) is 0 Å². The third-order valence-electron chi connectivity index (χ3n) is 6.97. The molecule has 5 fully saturated rings. The highest BCUT2D eigenvalue weighted by molar-refractivity contribution is 5.15. The Morgan fingerprint density at radius 3 is 2.08 bits per heavy atom. The Morgan fingerprint density at radius 2 is 1.54 bits per heavy atom. The number of ether oxygens (including phenoxy) is 1. The Bertz CT molecular complexity index is 494. The predicted octanol–water partition coefficient (Wildman–Crippen LogP) is 0.125. The molecule has 0 radical (unpaired) electrons. The average molecular weight is 341 g/mol. The largest absolute Gasteiger partial charge is 0.394 e. The van der Waals surface area contributed by atoms with Crippen molar-refractivity contribution in [2.75, 3.05) is 6.61 Å². The number of rotatable bonds is 3. The van der Waals surface area contributed by atoms with Gasteiger partial charge < -0.3 is 25.2 Å². The molecular weight excluding hydrogens is 310 g/mol. The molecule has 138 valence electrons. The van der Waals surface area contributed by atoms with Gasteiger partial charge >= 0.3 is 0 Å². The summed E-state index contributed by atoms with van der Waals surface area (Å²) in [6.45, 7) is 4.37. The molecular formula is C18H31NO5. The van der Waals surface area contributed by atoms with Gasteiger partial charge in [-0.3, -0.25) is 5.32 Å². The van der Waals surface area contributed by atoms with E-state index < -0.39 is 30.6 Å². The maximum atomic E-state index is 10.4. The van der Waals surface area contributed by atoms with E-state index >= 15 is 0 Å². The van der Waals surface area contributed by atoms with Crippen molar-refractivity contribution in [1.82, 2.24) is 5.32 Å². The minimum Gasteiger partial charge on any atom is -0.394 e. The first-order valence-electron chi connectivity index (χ1n) is 9.25. The van der Waals surface area contributed by atoms with E-state index in [1.165, 1.54) is 19.3 Å². The van der Waals surface area contributed by atoms with E-state index in [1.807, 2.05) is 0 Å². The topological polar surface area (TPSA) is 102 Å². The minimum absolute atomic E-state index is 0.0867. The molecule has 5 aliphatic rings. The van der Waals surface area contributed by atoms with Gasteiger partial charge in [0.2, 0.25) is 0 Å². The molecule has 4 saturated carbocycles. The lowest BCUT2D eigenvalue weighted by atomic mass is 9.42. The van der Waals surface area contributed by atoms with E-state index in [9.17, 15) is 20.4 Å². The van der Waals surface area contributed by atoms with Crippen molar-refractivity contribution in [2.45, 2.75) is 88.6 Å². The zero-order valence-electron chi connectivity index (χ0n) is 14.6. The molecule has 0 amide bonds. The van der Waals surface area contributed by atoms with Crippen molar-refractivity contribution in [3.05, 3.63) is 0 Å². The lowest BCUT2D eigenvalue weighted by Crippen LogP contribution is -2.71. The second-order valence-corrected chi connectivity index (χ2v) is 9.80. The van der Waals surface area contributed by atoms with Crippen LogP contribution < -0.4 is 5.32 Å². The fourth-order valence-electron chi connectivity index (χ4n) is 7.13. The molecule has 6 nitrogen and oxygen atoms in total. The van der Waals surface area contributed by atoms with E-state index in [-0.39, 0.29) is 12.1 Å². The summed E-state index contributed by atoms with van der Waals surface area (Å²) in [5.41, 5.74) is 0.571. The first kappa shape index (κ1) is 17.2. The zero-order valence-corrected chi connectivity index (χ0v) is 14.6. The molecule has 24 heavy (non-hydrogen) atoms. The van der Waals surface area contributed by atoms with Gasteiger partial charge in [0.15, 0.2) is 0 Å². The summed E-state index contributed by atoms with van der Waals surface area (Å²) in [5, 5.41) is 43.3. The maximum absolute atomic E-state index is 10.4. The van der Waals surface area contributed by atoms with Crippen molar-refractivity contribution in [3.63, 3.8) is 0 Å². The number of aliphatic hydroxyl groups excluding tert-OH is 4. The van der Waals surface area contributed by atoms with Gasteiger partial charge in [-0.1, -0.05) is 13.8 Å². The molecule has 6 heteroatoms. The number of hydrogen-bond donors (Lipinski definition) is 5. The second kappa shape index (κ2) is 5.38. The van der Waals surface area contributed by atoms with E-state index in [2.05, 4.69) is 19.2 Å². The van der Waals surface area contributed by atoms with Crippen LogP contribution in [0.3, 0.4) is 0 Å². The Labute approximate surface area is 143 Å². The van der Waals surface area contributed by atoms with E-state index in [0.717, 1.165) is 19.3 Å². The Kier molecular flexibility index (Phi) is 3.85. The molecule has 5 rings (SSSR count). The summed E-state index contributed by atoms with van der Waals surface area (Å²) in [5.74, 6) is 0.702. The lowest BCUT2D eigenvalue weighted by molar-refractivity contribution is -0.249. The van der Waals surface area contributed by atoms with E-state index in [4.69, 9.17) is 4.74 Å². The van der Waals surface area contributed by atoms with Crippen LogP contribution in [0.5, 0.6) is 0 Å². The lowest BCUT2D eigenvalue weighted by Gasteiger charge is -2.66. The molecule has 1 aliphatic heterocycles. The van der Waals surface area contributed by atoms with Crippen molar-refractivity contribution in [2.24, 2.45) is 16.7 Å². The molecule has 0 aromatic carbocycles. The summed E-state index contributed by atoms with van der Waals surface area (Å²) in [4.78, 5) is 0. The van der Waals surface area contributed by atoms with Gasteiger partial charge in [0.05, 0.1) is 6.61 Å². The smallest absolute Gasteiger partial charge is 0.138 e. The van der Waals surface area contributed by atoms with Crippen molar-refractivity contribution in [1.29, 1.82) is 0 Å². The third-order valence-corrected chi connectivity index (χ3v) is 6.97. The first-order valence-corrected chi connectivity index (χ1v) is 9.25. The molecule has 0 spiro atoms. The standard InChI is InChI=1S/C18H31NO5/c1-16-3-10-4-17(2,7-16)9-18(5-10,8-16)19-15-14(23)13(22)12(21)11(6-20)24-15/h10-15,19-23H,3-9H2,1-2H3/t10?,11-,12-,13+,14-,15?,16?,17?,18?/m1/s1. The van der Waals surface area contributed by atoms with Crippen molar-refractivity contribution in [3.8, 4) is 0 Å². The number of hydrogen-bond acceptors (Lipinski definition) is 6. The Hall–Kier alpha value is -0.240. The van der Waals surface area contributed by atoms with Crippen molar-refractivity contribution >= 4 is 0 Å². The summed E-state index contributed by atoms with van der Waals surface area (Å²) in [6.07, 6.45) is 1.59. The number of nitrogens with one attached hydrogen (secondary N) is 1. The highest BCUT2D eigenvalue weighted by atomic mass is 16.6. The molecule has 3 unspecified atom stereocenters. The van der Waals surface area contributed by atoms with Crippen LogP contribution in [0.25, 0.3) is 0 Å². The average Bonchev–Trinajstić information content (AvgIpc) is 2.44. The fraction of sp³-hybridized carbons (Fsp3) is 1.00. The fourth-order valence-corrected chi connectivity index (χ4v) is 7.13. The molecule has 5 N–H and O–H groups in total. The SMILES string of the molecule is CC12CC3CC(C)(C1)CC(NC1O[C@H](CO)[C@@H](O)[C@H](O)[C@H]1O)(C3)C2. The third kappa shape index (κ3) is 2.63. The highest BCUT2D eigenvalue weighted by Gasteiger charge is 2.61. The summed E-state index contributed by atoms with van der Waals surface area (Å²) in [6, 6.07) is 0. The second-order valence-electron chi connectivity index (χ2n) is 9.80. The molecule has 4 bridgehead atoms. The first-order chi connectivity index (χ1) is 11.2. The van der Waals surface area contributed by atoms with Gasteiger partial charge in [-0.2, -0.15) is 0 Å². The van der Waals surface area contributed by atoms with Gasteiger partial charge in [0.1, 0.15) is 30.6 Å². The van der Waals surface area contributed by atoms with Crippen LogP contribution in [-0.4, -0.2) is 63.2 Å². The zero-order chi connectivity index (χ0) is 17.3. The minimum atomic E-state index is -1.31. The Morgan fingerprint density at radius 1 is 0.917 bits per heavy atom. The summed E-state index contributed by atoms with van der Waals surface area (Å²) >= 11 is 0. The van der Waals surface area contributed by atoms with Crippen LogP contribution in [0.1, 0.15) is 52.4 Å².